The summed E-state index contributed by atoms with van der Waals surface area (Å²) in [5.74, 6) is 1.37. The number of phenols is 2. The zero-order chi connectivity index (χ0) is 16.8. The van der Waals surface area contributed by atoms with Crippen LogP contribution in [0.4, 0.5) is 5.69 Å². The van der Waals surface area contributed by atoms with Gasteiger partial charge in [0.05, 0.1) is 0 Å². The van der Waals surface area contributed by atoms with Crippen LogP contribution in [0.2, 0.25) is 0 Å². The van der Waals surface area contributed by atoms with E-state index in [1.165, 1.54) is 32.1 Å². The highest BCUT2D eigenvalue weighted by Crippen LogP contribution is 2.42. The minimum atomic E-state index is 0.231. The lowest BCUT2D eigenvalue weighted by atomic mass is 9.85. The number of rotatable bonds is 7. The molecule has 1 aromatic rings. The van der Waals surface area contributed by atoms with Gasteiger partial charge in [0, 0.05) is 13.1 Å². The Morgan fingerprint density at radius 2 is 1.61 bits per heavy atom. The van der Waals surface area contributed by atoms with E-state index in [9.17, 15) is 10.2 Å². The Hall–Kier alpha value is -1.38. The third kappa shape index (κ3) is 4.55. The Bertz CT molecular complexity index is 471. The van der Waals surface area contributed by atoms with Gasteiger partial charge in [0.15, 0.2) is 0 Å². The van der Waals surface area contributed by atoms with Gasteiger partial charge in [0.1, 0.15) is 17.2 Å². The van der Waals surface area contributed by atoms with Crippen LogP contribution in [0, 0.1) is 5.92 Å². The zero-order valence-corrected chi connectivity index (χ0v) is 15.0. The second-order valence-corrected chi connectivity index (χ2v) is 7.22. The standard InChI is InChI=1S/C20H33NO2/c1-4-5-7-10-15(2)16(3)17-13-18(22)20(19(23)14-17)21-11-8-6-9-12-21/h13-16,22-23H,4-12H2,1-3H3. The lowest BCUT2D eigenvalue weighted by molar-refractivity contribution is 0.418. The topological polar surface area (TPSA) is 43.7 Å². The van der Waals surface area contributed by atoms with Crippen molar-refractivity contribution >= 4 is 5.69 Å². The van der Waals surface area contributed by atoms with Gasteiger partial charge in [-0.1, -0.05) is 46.5 Å². The average molecular weight is 319 g/mol. The van der Waals surface area contributed by atoms with E-state index in [0.717, 1.165) is 31.5 Å². The van der Waals surface area contributed by atoms with Crippen molar-refractivity contribution in [3.05, 3.63) is 17.7 Å². The van der Waals surface area contributed by atoms with Gasteiger partial charge in [0.2, 0.25) is 0 Å². The summed E-state index contributed by atoms with van der Waals surface area (Å²) in [5.41, 5.74) is 1.67. The van der Waals surface area contributed by atoms with E-state index < -0.39 is 0 Å². The van der Waals surface area contributed by atoms with Crippen molar-refractivity contribution in [3.8, 4) is 11.5 Å². The van der Waals surface area contributed by atoms with Gasteiger partial charge in [-0.15, -0.1) is 0 Å². The fraction of sp³-hybridized carbons (Fsp3) is 0.700. The molecule has 2 rings (SSSR count). The highest BCUT2D eigenvalue weighted by atomic mass is 16.3. The lowest BCUT2D eigenvalue weighted by Crippen LogP contribution is -2.29. The molecule has 0 amide bonds. The third-order valence-corrected chi connectivity index (χ3v) is 5.41. The molecule has 0 bridgehead atoms. The van der Waals surface area contributed by atoms with Crippen molar-refractivity contribution in [1.82, 2.24) is 0 Å². The first kappa shape index (κ1) is 18.0. The van der Waals surface area contributed by atoms with Gasteiger partial charge in [0.25, 0.3) is 0 Å². The highest BCUT2D eigenvalue weighted by molar-refractivity contribution is 5.68. The van der Waals surface area contributed by atoms with Crippen molar-refractivity contribution in [3.63, 3.8) is 0 Å². The minimum Gasteiger partial charge on any atom is -0.506 e. The second-order valence-electron chi connectivity index (χ2n) is 7.22. The maximum Gasteiger partial charge on any atom is 0.142 e. The minimum absolute atomic E-state index is 0.231. The highest BCUT2D eigenvalue weighted by Gasteiger charge is 2.22. The number of nitrogens with zero attached hydrogens (tertiary/aromatic N) is 1. The summed E-state index contributed by atoms with van der Waals surface area (Å²) in [7, 11) is 0. The molecule has 3 nitrogen and oxygen atoms in total. The average Bonchev–Trinajstić information content (AvgIpc) is 2.54. The van der Waals surface area contributed by atoms with Crippen LogP contribution < -0.4 is 4.90 Å². The molecule has 2 N–H and O–H groups in total. The Labute approximate surface area is 141 Å². The summed E-state index contributed by atoms with van der Waals surface area (Å²) in [6.07, 6.45) is 8.48. The molecular formula is C20H33NO2. The number of phenolic OH excluding ortho intramolecular Hbond substituents is 2. The Morgan fingerprint density at radius 1 is 1.00 bits per heavy atom. The molecule has 0 aromatic heterocycles. The van der Waals surface area contributed by atoms with E-state index in [2.05, 4.69) is 25.7 Å². The zero-order valence-electron chi connectivity index (χ0n) is 15.0. The third-order valence-electron chi connectivity index (χ3n) is 5.41. The molecule has 1 aliphatic rings. The van der Waals surface area contributed by atoms with Crippen LogP contribution in [-0.4, -0.2) is 23.3 Å². The Kier molecular flexibility index (Phi) is 6.61. The number of unbranched alkanes of at least 4 members (excludes halogenated alkanes) is 2. The van der Waals surface area contributed by atoms with Crippen molar-refractivity contribution in [1.29, 1.82) is 0 Å². The predicted octanol–water partition coefficient (Wildman–Crippen LogP) is 5.41. The van der Waals surface area contributed by atoms with Crippen LogP contribution in [0.25, 0.3) is 0 Å². The monoisotopic (exact) mass is 319 g/mol. The van der Waals surface area contributed by atoms with E-state index in [1.54, 1.807) is 0 Å². The molecule has 0 spiro atoms. The van der Waals surface area contributed by atoms with E-state index in [-0.39, 0.29) is 11.5 Å². The summed E-state index contributed by atoms with van der Waals surface area (Å²) in [6, 6.07) is 3.73. The largest absolute Gasteiger partial charge is 0.506 e. The van der Waals surface area contributed by atoms with E-state index in [4.69, 9.17) is 0 Å². The first-order chi connectivity index (χ1) is 11.0. The van der Waals surface area contributed by atoms with Crippen LogP contribution in [0.15, 0.2) is 12.1 Å². The predicted molar refractivity (Wildman–Crippen MR) is 97.6 cm³/mol. The molecule has 1 saturated heterocycles. The van der Waals surface area contributed by atoms with Gasteiger partial charge in [-0.3, -0.25) is 0 Å². The van der Waals surface area contributed by atoms with Gasteiger partial charge in [-0.25, -0.2) is 0 Å². The van der Waals surface area contributed by atoms with Crippen molar-refractivity contribution in [2.45, 2.75) is 71.6 Å². The maximum atomic E-state index is 10.5. The fourth-order valence-electron chi connectivity index (χ4n) is 3.62. The van der Waals surface area contributed by atoms with Crippen LogP contribution in [0.1, 0.15) is 77.2 Å². The summed E-state index contributed by atoms with van der Waals surface area (Å²) in [6.45, 7) is 8.54. The normalized spacial score (nSPS) is 18.0. The number of hydrogen-bond donors (Lipinski definition) is 2. The molecule has 130 valence electrons. The molecule has 1 fully saturated rings. The first-order valence-corrected chi connectivity index (χ1v) is 9.35. The lowest BCUT2D eigenvalue weighted by Gasteiger charge is -2.30. The molecule has 1 aliphatic heterocycles. The fourth-order valence-corrected chi connectivity index (χ4v) is 3.62. The summed E-state index contributed by atoms with van der Waals surface area (Å²) in [5, 5.41) is 20.9. The molecular weight excluding hydrogens is 286 g/mol. The second kappa shape index (κ2) is 8.47. The molecule has 3 heteroatoms. The quantitative estimate of drug-likeness (QED) is 0.661. The van der Waals surface area contributed by atoms with Gasteiger partial charge in [-0.05, 0) is 48.8 Å². The SMILES string of the molecule is CCCCCC(C)C(C)c1cc(O)c(N2CCCCC2)c(O)c1. The van der Waals surface area contributed by atoms with Crippen LogP contribution in [0.3, 0.4) is 0 Å². The molecule has 1 heterocycles. The number of hydrogen-bond acceptors (Lipinski definition) is 3. The Morgan fingerprint density at radius 3 is 2.17 bits per heavy atom. The van der Waals surface area contributed by atoms with E-state index in [1.807, 2.05) is 12.1 Å². The van der Waals surface area contributed by atoms with Crippen LogP contribution in [0.5, 0.6) is 11.5 Å². The number of aromatic hydroxyl groups is 2. The van der Waals surface area contributed by atoms with E-state index >= 15 is 0 Å². The van der Waals surface area contributed by atoms with E-state index in [0.29, 0.717) is 17.5 Å². The smallest absolute Gasteiger partial charge is 0.142 e. The number of piperidine rings is 1. The number of anilines is 1. The molecule has 2 atom stereocenters. The molecule has 23 heavy (non-hydrogen) atoms. The molecule has 1 aromatic carbocycles. The maximum absolute atomic E-state index is 10.5. The van der Waals surface area contributed by atoms with Crippen molar-refractivity contribution < 1.29 is 10.2 Å². The summed E-state index contributed by atoms with van der Waals surface area (Å²) >= 11 is 0. The van der Waals surface area contributed by atoms with Gasteiger partial charge in [-0.2, -0.15) is 0 Å². The van der Waals surface area contributed by atoms with Crippen molar-refractivity contribution in [2.24, 2.45) is 5.92 Å². The van der Waals surface area contributed by atoms with Gasteiger partial charge < -0.3 is 15.1 Å². The molecule has 2 unspecified atom stereocenters. The van der Waals surface area contributed by atoms with Crippen LogP contribution >= 0.6 is 0 Å². The molecule has 0 saturated carbocycles. The summed E-state index contributed by atoms with van der Waals surface area (Å²) in [4.78, 5) is 2.12. The van der Waals surface area contributed by atoms with Crippen molar-refractivity contribution in [2.75, 3.05) is 18.0 Å². The first-order valence-electron chi connectivity index (χ1n) is 9.35. The molecule has 0 aliphatic carbocycles. The van der Waals surface area contributed by atoms with Gasteiger partial charge >= 0.3 is 0 Å². The summed E-state index contributed by atoms with van der Waals surface area (Å²) < 4.78 is 0. The van der Waals surface area contributed by atoms with Crippen LogP contribution in [-0.2, 0) is 0 Å². The number of benzene rings is 1. The Balaban J connectivity index is 2.11. The molecule has 0 radical (unpaired) electrons.